The first-order chi connectivity index (χ1) is 16.4. The Morgan fingerprint density at radius 3 is 2.26 bits per heavy atom. The molecule has 2 aromatic rings. The summed E-state index contributed by atoms with van der Waals surface area (Å²) in [4.78, 5) is 23.6. The van der Waals surface area contributed by atoms with Crippen LogP contribution < -0.4 is 0 Å². The molecule has 2 saturated heterocycles. The lowest BCUT2D eigenvalue weighted by atomic mass is 9.98. The van der Waals surface area contributed by atoms with E-state index in [1.165, 1.54) is 13.8 Å². The van der Waals surface area contributed by atoms with Crippen molar-refractivity contribution in [2.24, 2.45) is 0 Å². The highest BCUT2D eigenvalue weighted by atomic mass is 32.2. The number of fused-ring (bicyclic) bond motifs is 1. The maximum atomic E-state index is 13.2. The highest BCUT2D eigenvalue weighted by Gasteiger charge is 2.54. The molecule has 4 rings (SSSR count). The Morgan fingerprint density at radius 2 is 1.62 bits per heavy atom. The standard InChI is InChI=1S/C25H28O8S/c1-16(26)29-14-20-22(30-13-18-9-5-3-6-10-18)23(31-17(2)27)24-25(33-20)34(28)15-21(32-24)19-11-7-4-8-12-19/h3-12,20-25H,13-15H2,1-2H3/t20-,21-,22-,23+,24-,25+,34?/m1/s1. The molecule has 2 fully saturated rings. The monoisotopic (exact) mass is 488 g/mol. The fraction of sp³-hybridized carbons (Fsp3) is 0.440. The van der Waals surface area contributed by atoms with Crippen molar-refractivity contribution in [2.75, 3.05) is 12.4 Å². The van der Waals surface area contributed by atoms with Crippen molar-refractivity contribution in [1.29, 1.82) is 0 Å². The molecule has 2 heterocycles. The maximum absolute atomic E-state index is 13.2. The first-order valence-corrected chi connectivity index (χ1v) is 12.5. The van der Waals surface area contributed by atoms with Crippen molar-refractivity contribution < 1.29 is 37.5 Å². The summed E-state index contributed by atoms with van der Waals surface area (Å²) in [6, 6.07) is 19.0. The van der Waals surface area contributed by atoms with Crippen LogP contribution in [0.25, 0.3) is 0 Å². The number of rotatable bonds is 7. The lowest BCUT2D eigenvalue weighted by molar-refractivity contribution is -0.255. The lowest BCUT2D eigenvalue weighted by Crippen LogP contribution is -2.64. The molecule has 0 aromatic heterocycles. The van der Waals surface area contributed by atoms with Gasteiger partial charge in [-0.1, -0.05) is 60.7 Å². The average Bonchev–Trinajstić information content (AvgIpc) is 2.83. The molecule has 0 bridgehead atoms. The predicted molar refractivity (Wildman–Crippen MR) is 123 cm³/mol. The molecule has 8 nitrogen and oxygen atoms in total. The van der Waals surface area contributed by atoms with Crippen LogP contribution in [0.3, 0.4) is 0 Å². The zero-order valence-electron chi connectivity index (χ0n) is 19.0. The first-order valence-electron chi connectivity index (χ1n) is 11.1. The summed E-state index contributed by atoms with van der Waals surface area (Å²) < 4.78 is 42.8. The quantitative estimate of drug-likeness (QED) is 0.549. The van der Waals surface area contributed by atoms with E-state index in [1.54, 1.807) is 0 Å². The fourth-order valence-electron chi connectivity index (χ4n) is 4.18. The van der Waals surface area contributed by atoms with Gasteiger partial charge in [0.1, 0.15) is 24.9 Å². The van der Waals surface area contributed by atoms with Gasteiger partial charge in [0.2, 0.25) is 0 Å². The van der Waals surface area contributed by atoms with E-state index in [4.69, 9.17) is 23.7 Å². The maximum Gasteiger partial charge on any atom is 0.303 e. The van der Waals surface area contributed by atoms with E-state index in [-0.39, 0.29) is 19.0 Å². The molecule has 2 aromatic carbocycles. The Kier molecular flexibility index (Phi) is 8.10. The molecular formula is C25H28O8S. The van der Waals surface area contributed by atoms with E-state index < -0.39 is 58.7 Å². The average molecular weight is 489 g/mol. The zero-order chi connectivity index (χ0) is 24.1. The van der Waals surface area contributed by atoms with Gasteiger partial charge in [-0.15, -0.1) is 0 Å². The van der Waals surface area contributed by atoms with Crippen molar-refractivity contribution in [3.63, 3.8) is 0 Å². The van der Waals surface area contributed by atoms with Crippen molar-refractivity contribution in [3.05, 3.63) is 71.8 Å². The highest BCUT2D eigenvalue weighted by Crippen LogP contribution is 2.38. The van der Waals surface area contributed by atoms with Gasteiger partial charge in [0.25, 0.3) is 0 Å². The number of esters is 2. The van der Waals surface area contributed by atoms with Crippen LogP contribution in [0.4, 0.5) is 0 Å². The van der Waals surface area contributed by atoms with E-state index in [0.717, 1.165) is 11.1 Å². The normalized spacial score (nSPS) is 30.7. The first kappa shape index (κ1) is 24.5. The van der Waals surface area contributed by atoms with Gasteiger partial charge in [-0.2, -0.15) is 0 Å². The molecule has 2 aliphatic heterocycles. The van der Waals surface area contributed by atoms with Gasteiger partial charge in [0.05, 0.1) is 29.3 Å². The fourth-order valence-corrected chi connectivity index (χ4v) is 5.72. The number of hydrogen-bond acceptors (Lipinski definition) is 8. The molecule has 0 saturated carbocycles. The Balaban J connectivity index is 1.63. The third kappa shape index (κ3) is 5.90. The molecule has 0 amide bonds. The van der Waals surface area contributed by atoms with Crippen LogP contribution in [0.2, 0.25) is 0 Å². The van der Waals surface area contributed by atoms with Gasteiger partial charge in [-0.25, -0.2) is 0 Å². The minimum atomic E-state index is -1.45. The molecule has 0 aliphatic carbocycles. The van der Waals surface area contributed by atoms with Gasteiger partial charge in [-0.3, -0.25) is 13.8 Å². The third-order valence-corrected chi connectivity index (χ3v) is 7.23. The van der Waals surface area contributed by atoms with Crippen LogP contribution >= 0.6 is 0 Å². The van der Waals surface area contributed by atoms with Gasteiger partial charge < -0.3 is 23.7 Å². The summed E-state index contributed by atoms with van der Waals surface area (Å²) in [5, 5.41) is 0. The predicted octanol–water partition coefficient (Wildman–Crippen LogP) is 2.68. The second-order valence-corrected chi connectivity index (χ2v) is 9.79. The van der Waals surface area contributed by atoms with E-state index in [0.29, 0.717) is 0 Å². The van der Waals surface area contributed by atoms with Gasteiger partial charge in [0.15, 0.2) is 11.5 Å². The van der Waals surface area contributed by atoms with Gasteiger partial charge >= 0.3 is 11.9 Å². The van der Waals surface area contributed by atoms with Crippen LogP contribution in [-0.4, -0.2) is 58.4 Å². The lowest BCUT2D eigenvalue weighted by Gasteiger charge is -2.48. The molecule has 0 radical (unpaired) electrons. The van der Waals surface area contributed by atoms with Crippen LogP contribution in [0.5, 0.6) is 0 Å². The summed E-state index contributed by atoms with van der Waals surface area (Å²) in [7, 11) is -1.45. The zero-order valence-corrected chi connectivity index (χ0v) is 19.8. The largest absolute Gasteiger partial charge is 0.463 e. The van der Waals surface area contributed by atoms with E-state index in [1.807, 2.05) is 60.7 Å². The summed E-state index contributed by atoms with van der Waals surface area (Å²) in [5.74, 6) is -0.781. The Morgan fingerprint density at radius 1 is 0.941 bits per heavy atom. The van der Waals surface area contributed by atoms with Crippen LogP contribution in [0.1, 0.15) is 31.1 Å². The van der Waals surface area contributed by atoms with Crippen molar-refractivity contribution in [3.8, 4) is 0 Å². The van der Waals surface area contributed by atoms with E-state index in [2.05, 4.69) is 0 Å². The van der Waals surface area contributed by atoms with Crippen LogP contribution in [0.15, 0.2) is 60.7 Å². The van der Waals surface area contributed by atoms with E-state index >= 15 is 0 Å². The summed E-state index contributed by atoms with van der Waals surface area (Å²) in [5.41, 5.74) is 0.925. The van der Waals surface area contributed by atoms with Gasteiger partial charge in [0, 0.05) is 13.8 Å². The smallest absolute Gasteiger partial charge is 0.303 e. The number of ether oxygens (including phenoxy) is 5. The Hall–Kier alpha value is -2.59. The molecule has 9 heteroatoms. The molecule has 1 unspecified atom stereocenters. The summed E-state index contributed by atoms with van der Waals surface area (Å²) in [6.45, 7) is 2.68. The second kappa shape index (κ2) is 11.2. The Bertz CT molecular complexity index is 998. The summed E-state index contributed by atoms with van der Waals surface area (Å²) >= 11 is 0. The number of carbonyl (C=O) groups is 2. The third-order valence-electron chi connectivity index (χ3n) is 5.70. The van der Waals surface area contributed by atoms with Gasteiger partial charge in [-0.05, 0) is 11.1 Å². The van der Waals surface area contributed by atoms with Crippen LogP contribution in [-0.2, 0) is 50.7 Å². The minimum Gasteiger partial charge on any atom is -0.463 e. The minimum absolute atomic E-state index is 0.130. The Labute approximate surface area is 200 Å². The molecule has 0 N–H and O–H groups in total. The number of benzene rings is 2. The SMILES string of the molecule is CC(=O)OC[C@H]1O[C@@H]2[C@H](O[C@@H](c3ccccc3)CS2=O)[C@@H](OC(C)=O)[C@@H]1OCc1ccccc1. The molecule has 0 spiro atoms. The van der Waals surface area contributed by atoms with E-state index in [9.17, 15) is 13.8 Å². The summed E-state index contributed by atoms with van der Waals surface area (Å²) in [6.07, 6.45) is -3.78. The van der Waals surface area contributed by atoms with Crippen molar-refractivity contribution in [1.82, 2.24) is 0 Å². The highest BCUT2D eigenvalue weighted by molar-refractivity contribution is 7.85. The van der Waals surface area contributed by atoms with Crippen molar-refractivity contribution >= 4 is 22.7 Å². The molecule has 2 aliphatic rings. The number of carbonyl (C=O) groups excluding carboxylic acids is 2. The molecular weight excluding hydrogens is 460 g/mol. The molecule has 7 atom stereocenters. The molecule has 34 heavy (non-hydrogen) atoms. The van der Waals surface area contributed by atoms with Crippen molar-refractivity contribution in [2.45, 2.75) is 56.4 Å². The second-order valence-electron chi connectivity index (χ2n) is 8.23. The molecule has 182 valence electrons. The topological polar surface area (TPSA) is 97.4 Å². The number of hydrogen-bond donors (Lipinski definition) is 0. The van der Waals surface area contributed by atoms with Crippen LogP contribution in [0, 0.1) is 0 Å².